The Bertz CT molecular complexity index is 848. The molecule has 2 amide bonds. The Morgan fingerprint density at radius 2 is 2.03 bits per heavy atom. The van der Waals surface area contributed by atoms with Crippen LogP contribution in [0.1, 0.15) is 66.2 Å². The third-order valence-corrected chi connectivity index (χ3v) is 10.2. The molecule has 0 aromatic heterocycles. The SMILES string of the molecule is C=CCCCOC(=O)[C@@H]1[C@@H]2CCC3(S2)C(C(=O)N(CC=C)C(C)CCC)N([C@@H](CO)C(C)C)C(=O)[C@H]13. The molecular formula is C28H44N2O5S. The van der Waals surface area contributed by atoms with Gasteiger partial charge in [0.1, 0.15) is 6.04 Å². The average Bonchev–Trinajstić information content (AvgIpc) is 3.48. The van der Waals surface area contributed by atoms with Crippen LogP contribution in [-0.4, -0.2) is 80.6 Å². The molecule has 0 aliphatic carbocycles. The average molecular weight is 521 g/mol. The number of carbonyl (C=O) groups is 3. The highest BCUT2D eigenvalue weighted by atomic mass is 32.2. The van der Waals surface area contributed by atoms with Crippen LogP contribution in [-0.2, 0) is 19.1 Å². The minimum Gasteiger partial charge on any atom is -0.465 e. The van der Waals surface area contributed by atoms with E-state index in [1.807, 2.05) is 25.7 Å². The quantitative estimate of drug-likeness (QED) is 0.213. The van der Waals surface area contributed by atoms with Gasteiger partial charge in [0.25, 0.3) is 0 Å². The number of allylic oxidation sites excluding steroid dienone is 1. The second kappa shape index (κ2) is 12.2. The number of aliphatic hydroxyl groups is 1. The molecule has 36 heavy (non-hydrogen) atoms. The van der Waals surface area contributed by atoms with Crippen LogP contribution in [0.2, 0.25) is 0 Å². The summed E-state index contributed by atoms with van der Waals surface area (Å²) in [5.41, 5.74) is 0. The van der Waals surface area contributed by atoms with Crippen molar-refractivity contribution in [3.63, 3.8) is 0 Å². The van der Waals surface area contributed by atoms with Gasteiger partial charge in [-0.3, -0.25) is 14.4 Å². The Morgan fingerprint density at radius 3 is 2.61 bits per heavy atom. The van der Waals surface area contributed by atoms with Gasteiger partial charge >= 0.3 is 5.97 Å². The van der Waals surface area contributed by atoms with Crippen molar-refractivity contribution in [1.82, 2.24) is 9.80 Å². The molecule has 0 aromatic carbocycles. The molecule has 7 nitrogen and oxygen atoms in total. The van der Waals surface area contributed by atoms with Crippen LogP contribution in [0.25, 0.3) is 0 Å². The molecule has 3 unspecified atom stereocenters. The van der Waals surface area contributed by atoms with Crippen molar-refractivity contribution in [2.75, 3.05) is 19.8 Å². The first-order valence-electron chi connectivity index (χ1n) is 13.5. The lowest BCUT2D eigenvalue weighted by atomic mass is 9.71. The highest BCUT2D eigenvalue weighted by Crippen LogP contribution is 2.67. The minimum absolute atomic E-state index is 0.00578. The number of fused-ring (bicyclic) bond motifs is 1. The van der Waals surface area contributed by atoms with Crippen molar-refractivity contribution in [1.29, 1.82) is 0 Å². The second-order valence-electron chi connectivity index (χ2n) is 10.8. The minimum atomic E-state index is -0.720. The van der Waals surface area contributed by atoms with Gasteiger partial charge in [-0.25, -0.2) is 0 Å². The van der Waals surface area contributed by atoms with Crippen molar-refractivity contribution < 1.29 is 24.2 Å². The largest absolute Gasteiger partial charge is 0.465 e. The number of hydrogen-bond donors (Lipinski definition) is 1. The van der Waals surface area contributed by atoms with Gasteiger partial charge in [0.15, 0.2) is 0 Å². The third-order valence-electron chi connectivity index (χ3n) is 8.20. The zero-order valence-corrected chi connectivity index (χ0v) is 23.2. The Kier molecular flexibility index (Phi) is 9.72. The number of nitrogens with zero attached hydrogens (tertiary/aromatic N) is 2. The molecule has 1 N–H and O–H groups in total. The number of thioether (sulfide) groups is 1. The van der Waals surface area contributed by atoms with Gasteiger partial charge in [-0.05, 0) is 44.9 Å². The fourth-order valence-corrected chi connectivity index (χ4v) is 8.66. The van der Waals surface area contributed by atoms with Gasteiger partial charge in [-0.15, -0.1) is 24.9 Å². The summed E-state index contributed by atoms with van der Waals surface area (Å²) in [6.07, 6.45) is 8.24. The fourth-order valence-electron chi connectivity index (χ4n) is 6.47. The molecule has 0 saturated carbocycles. The van der Waals surface area contributed by atoms with E-state index in [1.165, 1.54) is 0 Å². The number of ether oxygens (including phenoxy) is 1. The lowest BCUT2D eigenvalue weighted by Gasteiger charge is -2.42. The standard InChI is InChI=1S/C28H44N2O5S/c1-7-10-11-16-35-27(34)22-21-13-14-28(36-21)23(22)25(32)30(20(17-31)18(4)5)24(28)26(33)29(15-9-3)19(6)12-8-2/h7,9,18-24,31H,1,3,8,10-17H2,2,4-6H3/t19?,20-,21-,22+,23-,24?,28?/m0/s1. The first-order valence-corrected chi connectivity index (χ1v) is 14.4. The van der Waals surface area contributed by atoms with E-state index >= 15 is 0 Å². The zero-order chi connectivity index (χ0) is 26.6. The summed E-state index contributed by atoms with van der Waals surface area (Å²) in [6.45, 7) is 16.1. The molecule has 2 bridgehead atoms. The lowest BCUT2D eigenvalue weighted by molar-refractivity contribution is -0.155. The molecule has 202 valence electrons. The van der Waals surface area contributed by atoms with Gasteiger partial charge in [0.05, 0.1) is 35.8 Å². The Morgan fingerprint density at radius 1 is 1.31 bits per heavy atom. The van der Waals surface area contributed by atoms with Crippen LogP contribution in [0.4, 0.5) is 0 Å². The summed E-state index contributed by atoms with van der Waals surface area (Å²) in [4.78, 5) is 45.3. The predicted molar refractivity (Wildman–Crippen MR) is 143 cm³/mol. The van der Waals surface area contributed by atoms with Gasteiger partial charge in [-0.2, -0.15) is 0 Å². The Labute approximate surface area is 220 Å². The van der Waals surface area contributed by atoms with Crippen LogP contribution < -0.4 is 0 Å². The second-order valence-corrected chi connectivity index (χ2v) is 12.4. The molecule has 3 fully saturated rings. The van der Waals surface area contributed by atoms with E-state index in [9.17, 15) is 19.5 Å². The van der Waals surface area contributed by atoms with Crippen LogP contribution >= 0.6 is 11.8 Å². The van der Waals surface area contributed by atoms with Gasteiger partial charge in [0.2, 0.25) is 11.8 Å². The zero-order valence-electron chi connectivity index (χ0n) is 22.4. The molecule has 3 saturated heterocycles. The Hall–Kier alpha value is -1.80. The number of carbonyl (C=O) groups excluding carboxylic acids is 3. The van der Waals surface area contributed by atoms with E-state index in [4.69, 9.17) is 4.74 Å². The fraction of sp³-hybridized carbons (Fsp3) is 0.750. The molecule has 3 heterocycles. The molecule has 1 spiro atoms. The van der Waals surface area contributed by atoms with Crippen molar-refractivity contribution >= 4 is 29.5 Å². The third kappa shape index (κ3) is 5.00. The number of aliphatic hydroxyl groups excluding tert-OH is 1. The molecule has 3 aliphatic heterocycles. The first-order chi connectivity index (χ1) is 17.2. The highest BCUT2D eigenvalue weighted by Gasteiger charge is 2.75. The number of amides is 2. The molecule has 3 aliphatic rings. The molecule has 0 radical (unpaired) electrons. The number of hydrogen-bond acceptors (Lipinski definition) is 6. The summed E-state index contributed by atoms with van der Waals surface area (Å²) in [5, 5.41) is 10.3. The van der Waals surface area contributed by atoms with Crippen molar-refractivity contribution in [2.24, 2.45) is 17.8 Å². The summed E-state index contributed by atoms with van der Waals surface area (Å²) in [6, 6.07) is -1.22. The maximum Gasteiger partial charge on any atom is 0.310 e. The monoisotopic (exact) mass is 520 g/mol. The lowest BCUT2D eigenvalue weighted by Crippen LogP contribution is -2.59. The Balaban J connectivity index is 2.02. The molecule has 0 aromatic rings. The summed E-state index contributed by atoms with van der Waals surface area (Å²) in [7, 11) is 0. The number of rotatable bonds is 14. The molecule has 7 atom stereocenters. The molecule has 3 rings (SSSR count). The molecule has 8 heteroatoms. The summed E-state index contributed by atoms with van der Waals surface area (Å²) >= 11 is 1.64. The predicted octanol–water partition coefficient (Wildman–Crippen LogP) is 3.81. The maximum absolute atomic E-state index is 14.4. The first kappa shape index (κ1) is 28.8. The van der Waals surface area contributed by atoms with Crippen molar-refractivity contribution in [2.45, 2.75) is 94.3 Å². The van der Waals surface area contributed by atoms with E-state index in [1.54, 1.807) is 28.8 Å². The number of esters is 1. The van der Waals surface area contributed by atoms with Crippen LogP contribution in [0.3, 0.4) is 0 Å². The summed E-state index contributed by atoms with van der Waals surface area (Å²) < 4.78 is 4.94. The van der Waals surface area contributed by atoms with Crippen LogP contribution in [0, 0.1) is 17.8 Å². The smallest absolute Gasteiger partial charge is 0.310 e. The van der Waals surface area contributed by atoms with Crippen LogP contribution in [0.15, 0.2) is 25.3 Å². The normalized spacial score (nSPS) is 30.3. The van der Waals surface area contributed by atoms with E-state index in [0.29, 0.717) is 26.0 Å². The number of unbranched alkanes of at least 4 members (excludes halogenated alkanes) is 1. The van der Waals surface area contributed by atoms with Gasteiger partial charge in [0, 0.05) is 17.8 Å². The van der Waals surface area contributed by atoms with E-state index < -0.39 is 28.7 Å². The van der Waals surface area contributed by atoms with Crippen LogP contribution in [0.5, 0.6) is 0 Å². The topological polar surface area (TPSA) is 87.2 Å². The maximum atomic E-state index is 14.4. The van der Waals surface area contributed by atoms with Gasteiger partial charge < -0.3 is 19.6 Å². The van der Waals surface area contributed by atoms with Crippen molar-refractivity contribution in [3.8, 4) is 0 Å². The highest BCUT2D eigenvalue weighted by molar-refractivity contribution is 8.02. The number of likely N-dealkylation sites (tertiary alicyclic amines) is 1. The molecular weight excluding hydrogens is 476 g/mol. The van der Waals surface area contributed by atoms with E-state index in [0.717, 1.165) is 25.7 Å². The van der Waals surface area contributed by atoms with Gasteiger partial charge in [-0.1, -0.05) is 39.3 Å². The summed E-state index contributed by atoms with van der Waals surface area (Å²) in [5.74, 6) is -1.84. The van der Waals surface area contributed by atoms with E-state index in [2.05, 4.69) is 20.1 Å². The van der Waals surface area contributed by atoms with E-state index in [-0.39, 0.29) is 41.6 Å². The van der Waals surface area contributed by atoms with Crippen molar-refractivity contribution in [3.05, 3.63) is 25.3 Å².